The van der Waals surface area contributed by atoms with Crippen LogP contribution in [0.4, 0.5) is 0 Å². The van der Waals surface area contributed by atoms with Crippen LogP contribution in [-0.4, -0.2) is 11.9 Å². The monoisotopic (exact) mass is 258 g/mol. The van der Waals surface area contributed by atoms with E-state index in [1.165, 1.54) is 18.4 Å². The standard InChI is InChI=1S/C17H22O2/c1-13(2)19-16-10-6-9-15(12-16)17(18)11-14-7-4-3-5-8-14/h6-7,9-10,12-13H,3-5,8,11H2,1-2H3. The molecule has 0 unspecified atom stereocenters. The molecule has 19 heavy (non-hydrogen) atoms. The maximum atomic E-state index is 12.3. The van der Waals surface area contributed by atoms with Gasteiger partial charge in [-0.25, -0.2) is 0 Å². The van der Waals surface area contributed by atoms with Crippen molar-refractivity contribution in [3.8, 4) is 5.75 Å². The van der Waals surface area contributed by atoms with Crippen LogP contribution in [0.5, 0.6) is 5.75 Å². The first-order valence-electron chi connectivity index (χ1n) is 7.13. The number of allylic oxidation sites excluding steroid dienone is 2. The average Bonchev–Trinajstić information content (AvgIpc) is 2.39. The lowest BCUT2D eigenvalue weighted by Crippen LogP contribution is -2.07. The number of rotatable bonds is 5. The zero-order chi connectivity index (χ0) is 13.7. The minimum atomic E-state index is 0.131. The molecule has 0 radical (unpaired) electrons. The van der Waals surface area contributed by atoms with E-state index in [4.69, 9.17) is 4.74 Å². The molecule has 0 aliphatic heterocycles. The van der Waals surface area contributed by atoms with Crippen molar-refractivity contribution in [2.75, 3.05) is 0 Å². The molecule has 0 amide bonds. The first-order chi connectivity index (χ1) is 9.15. The first-order valence-corrected chi connectivity index (χ1v) is 7.13. The molecule has 1 aliphatic carbocycles. The van der Waals surface area contributed by atoms with E-state index in [0.717, 1.165) is 24.2 Å². The van der Waals surface area contributed by atoms with Gasteiger partial charge in [-0.3, -0.25) is 4.79 Å². The summed E-state index contributed by atoms with van der Waals surface area (Å²) in [5.74, 6) is 0.973. The zero-order valence-corrected chi connectivity index (χ0v) is 11.8. The van der Waals surface area contributed by atoms with Crippen molar-refractivity contribution in [3.63, 3.8) is 0 Å². The van der Waals surface area contributed by atoms with E-state index in [2.05, 4.69) is 6.08 Å². The van der Waals surface area contributed by atoms with Crippen molar-refractivity contribution in [2.45, 2.75) is 52.1 Å². The van der Waals surface area contributed by atoms with E-state index in [0.29, 0.717) is 6.42 Å². The molecule has 0 atom stereocenters. The van der Waals surface area contributed by atoms with Crippen LogP contribution in [0.15, 0.2) is 35.9 Å². The Morgan fingerprint density at radius 1 is 1.32 bits per heavy atom. The molecule has 0 saturated heterocycles. The highest BCUT2D eigenvalue weighted by Crippen LogP contribution is 2.23. The fourth-order valence-corrected chi connectivity index (χ4v) is 2.39. The summed E-state index contributed by atoms with van der Waals surface area (Å²) in [5, 5.41) is 0. The summed E-state index contributed by atoms with van der Waals surface area (Å²) in [4.78, 5) is 12.3. The third-order valence-electron chi connectivity index (χ3n) is 3.30. The lowest BCUT2D eigenvalue weighted by molar-refractivity contribution is 0.0991. The number of ketones is 1. The number of hydrogen-bond acceptors (Lipinski definition) is 2. The number of hydrogen-bond donors (Lipinski definition) is 0. The van der Waals surface area contributed by atoms with Crippen LogP contribution in [0.3, 0.4) is 0 Å². The molecule has 0 fully saturated rings. The van der Waals surface area contributed by atoms with Crippen LogP contribution in [0.2, 0.25) is 0 Å². The largest absolute Gasteiger partial charge is 0.491 e. The van der Waals surface area contributed by atoms with Crippen LogP contribution in [0, 0.1) is 0 Å². The van der Waals surface area contributed by atoms with Gasteiger partial charge in [0.1, 0.15) is 5.75 Å². The van der Waals surface area contributed by atoms with Crippen molar-refractivity contribution < 1.29 is 9.53 Å². The first kappa shape index (κ1) is 13.9. The number of benzene rings is 1. The number of ether oxygens (including phenoxy) is 1. The van der Waals surface area contributed by atoms with Crippen LogP contribution in [-0.2, 0) is 0 Å². The minimum Gasteiger partial charge on any atom is -0.491 e. The van der Waals surface area contributed by atoms with Gasteiger partial charge in [0.05, 0.1) is 6.10 Å². The zero-order valence-electron chi connectivity index (χ0n) is 11.8. The Morgan fingerprint density at radius 3 is 2.84 bits per heavy atom. The molecule has 0 heterocycles. The molecule has 2 rings (SSSR count). The second-order valence-corrected chi connectivity index (χ2v) is 5.40. The van der Waals surface area contributed by atoms with Gasteiger partial charge in [-0.15, -0.1) is 0 Å². The van der Waals surface area contributed by atoms with Crippen molar-refractivity contribution in [1.29, 1.82) is 0 Å². The van der Waals surface area contributed by atoms with Gasteiger partial charge in [-0.05, 0) is 51.7 Å². The molecule has 0 bridgehead atoms. The Morgan fingerprint density at radius 2 is 2.16 bits per heavy atom. The molecule has 1 aromatic rings. The molecular formula is C17H22O2. The average molecular weight is 258 g/mol. The predicted molar refractivity (Wildman–Crippen MR) is 77.7 cm³/mol. The van der Waals surface area contributed by atoms with E-state index in [1.807, 2.05) is 38.1 Å². The highest BCUT2D eigenvalue weighted by atomic mass is 16.5. The van der Waals surface area contributed by atoms with Gasteiger partial charge in [-0.1, -0.05) is 23.8 Å². The summed E-state index contributed by atoms with van der Waals surface area (Å²) in [5.41, 5.74) is 2.05. The number of Topliss-reactive ketones (excluding diaryl/α,β-unsaturated/α-hetero) is 1. The normalized spacial score (nSPS) is 15.2. The maximum Gasteiger partial charge on any atom is 0.167 e. The quantitative estimate of drug-likeness (QED) is 0.572. The minimum absolute atomic E-state index is 0.131. The maximum absolute atomic E-state index is 12.3. The summed E-state index contributed by atoms with van der Waals surface area (Å²) >= 11 is 0. The van der Waals surface area contributed by atoms with Crippen molar-refractivity contribution in [3.05, 3.63) is 41.5 Å². The summed E-state index contributed by atoms with van der Waals surface area (Å²) < 4.78 is 5.63. The Balaban J connectivity index is 2.04. The van der Waals surface area contributed by atoms with Crippen LogP contribution >= 0.6 is 0 Å². The highest BCUT2D eigenvalue weighted by Gasteiger charge is 2.12. The van der Waals surface area contributed by atoms with Crippen LogP contribution in [0.1, 0.15) is 56.3 Å². The van der Waals surface area contributed by atoms with E-state index in [1.54, 1.807) is 0 Å². The Hall–Kier alpha value is -1.57. The third kappa shape index (κ3) is 4.23. The summed E-state index contributed by atoms with van der Waals surface area (Å²) in [6.07, 6.45) is 7.60. The second kappa shape index (κ2) is 6.55. The lowest BCUT2D eigenvalue weighted by atomic mass is 9.94. The topological polar surface area (TPSA) is 26.3 Å². The van der Waals surface area contributed by atoms with Gasteiger partial charge >= 0.3 is 0 Å². The van der Waals surface area contributed by atoms with Crippen molar-refractivity contribution >= 4 is 5.78 Å². The summed E-state index contributed by atoms with van der Waals surface area (Å²) in [7, 11) is 0. The van der Waals surface area contributed by atoms with Crippen molar-refractivity contribution in [2.24, 2.45) is 0 Å². The molecule has 2 heteroatoms. The molecule has 102 valence electrons. The van der Waals surface area contributed by atoms with Gasteiger partial charge in [-0.2, -0.15) is 0 Å². The van der Waals surface area contributed by atoms with Gasteiger partial charge in [0.2, 0.25) is 0 Å². The van der Waals surface area contributed by atoms with E-state index >= 15 is 0 Å². The van der Waals surface area contributed by atoms with Gasteiger partial charge < -0.3 is 4.74 Å². The van der Waals surface area contributed by atoms with E-state index < -0.39 is 0 Å². The van der Waals surface area contributed by atoms with Gasteiger partial charge in [0.25, 0.3) is 0 Å². The Labute approximate surface area is 115 Å². The lowest BCUT2D eigenvalue weighted by Gasteiger charge is -2.13. The fourth-order valence-electron chi connectivity index (χ4n) is 2.39. The highest BCUT2D eigenvalue weighted by molar-refractivity contribution is 5.97. The smallest absolute Gasteiger partial charge is 0.167 e. The van der Waals surface area contributed by atoms with Gasteiger partial charge in [0.15, 0.2) is 5.78 Å². The predicted octanol–water partition coefficient (Wildman–Crippen LogP) is 4.55. The molecule has 2 nitrogen and oxygen atoms in total. The Kier molecular flexibility index (Phi) is 4.78. The summed E-state index contributed by atoms with van der Waals surface area (Å²) in [6, 6.07) is 7.52. The molecule has 0 spiro atoms. The van der Waals surface area contributed by atoms with Crippen LogP contribution in [0.25, 0.3) is 0 Å². The molecule has 1 aliphatic rings. The fraction of sp³-hybridized carbons (Fsp3) is 0.471. The molecule has 0 N–H and O–H groups in total. The second-order valence-electron chi connectivity index (χ2n) is 5.40. The molecule has 1 aromatic carbocycles. The molecular weight excluding hydrogens is 236 g/mol. The summed E-state index contributed by atoms with van der Waals surface area (Å²) in [6.45, 7) is 3.97. The number of carbonyl (C=O) groups is 1. The van der Waals surface area contributed by atoms with Crippen molar-refractivity contribution in [1.82, 2.24) is 0 Å². The number of carbonyl (C=O) groups excluding carboxylic acids is 1. The molecule has 0 saturated carbocycles. The van der Waals surface area contributed by atoms with E-state index in [9.17, 15) is 4.79 Å². The van der Waals surface area contributed by atoms with Crippen LogP contribution < -0.4 is 4.74 Å². The Bertz CT molecular complexity index is 472. The molecule has 0 aromatic heterocycles. The van der Waals surface area contributed by atoms with Gasteiger partial charge in [0, 0.05) is 12.0 Å². The van der Waals surface area contributed by atoms with E-state index in [-0.39, 0.29) is 11.9 Å². The third-order valence-corrected chi connectivity index (χ3v) is 3.30. The SMILES string of the molecule is CC(C)Oc1cccc(C(=O)CC2=CCCCC2)c1.